The first kappa shape index (κ1) is 15.8. The van der Waals surface area contributed by atoms with Gasteiger partial charge in [-0.3, -0.25) is 4.40 Å². The van der Waals surface area contributed by atoms with Gasteiger partial charge in [0.1, 0.15) is 23.1 Å². The van der Waals surface area contributed by atoms with Crippen molar-refractivity contribution in [1.82, 2.24) is 9.38 Å². The van der Waals surface area contributed by atoms with Gasteiger partial charge in [-0.25, -0.2) is 13.8 Å². The van der Waals surface area contributed by atoms with Crippen LogP contribution in [-0.2, 0) is 0 Å². The molecule has 0 spiro atoms. The normalized spacial score (nSPS) is 11.2. The molecular weight excluding hydrogens is 340 g/mol. The monoisotopic (exact) mass is 355 g/mol. The maximum Gasteiger partial charge on any atom is 0.196 e. The first-order chi connectivity index (χ1) is 12.0. The number of aryl methyl sites for hydroxylation is 2. The van der Waals surface area contributed by atoms with E-state index in [0.717, 1.165) is 16.2 Å². The number of thiazole rings is 1. The first-order valence-corrected chi connectivity index (χ1v) is 8.66. The predicted octanol–water partition coefficient (Wildman–Crippen LogP) is 5.70. The number of nitrogens with zero attached hydrogens (tertiary/aromatic N) is 2. The minimum atomic E-state index is -0.323. The van der Waals surface area contributed by atoms with Crippen LogP contribution in [0, 0.1) is 25.5 Å². The van der Waals surface area contributed by atoms with Gasteiger partial charge in [-0.05, 0) is 50.2 Å². The fourth-order valence-electron chi connectivity index (χ4n) is 2.79. The SMILES string of the molecule is Cc1ccc(F)c(-c2nc3scc(C)n3c2Nc2ccc(F)cc2)c1. The van der Waals surface area contributed by atoms with E-state index in [1.165, 1.54) is 29.5 Å². The quantitative estimate of drug-likeness (QED) is 0.511. The van der Waals surface area contributed by atoms with Crippen molar-refractivity contribution in [3.63, 3.8) is 0 Å². The molecule has 0 radical (unpaired) electrons. The largest absolute Gasteiger partial charge is 0.339 e. The van der Waals surface area contributed by atoms with Gasteiger partial charge in [0.2, 0.25) is 0 Å². The molecule has 6 heteroatoms. The molecule has 2 heterocycles. The minimum Gasteiger partial charge on any atom is -0.339 e. The number of fused-ring (bicyclic) bond motifs is 1. The van der Waals surface area contributed by atoms with E-state index in [9.17, 15) is 8.78 Å². The Morgan fingerprint density at radius 3 is 2.56 bits per heavy atom. The van der Waals surface area contributed by atoms with Gasteiger partial charge >= 0.3 is 0 Å². The first-order valence-electron chi connectivity index (χ1n) is 7.78. The molecule has 0 saturated heterocycles. The van der Waals surface area contributed by atoms with Crippen molar-refractivity contribution < 1.29 is 8.78 Å². The highest BCUT2D eigenvalue weighted by molar-refractivity contribution is 7.15. The molecule has 2 aromatic heterocycles. The summed E-state index contributed by atoms with van der Waals surface area (Å²) >= 11 is 1.50. The number of nitrogens with one attached hydrogen (secondary N) is 1. The molecule has 3 nitrogen and oxygen atoms in total. The van der Waals surface area contributed by atoms with Crippen LogP contribution in [0.25, 0.3) is 16.2 Å². The van der Waals surface area contributed by atoms with Crippen LogP contribution in [0.4, 0.5) is 20.3 Å². The lowest BCUT2D eigenvalue weighted by molar-refractivity contribution is 0.628. The summed E-state index contributed by atoms with van der Waals surface area (Å²) in [4.78, 5) is 5.40. The van der Waals surface area contributed by atoms with Crippen molar-refractivity contribution >= 4 is 27.8 Å². The van der Waals surface area contributed by atoms with Gasteiger partial charge in [-0.1, -0.05) is 11.6 Å². The molecule has 0 aliphatic carbocycles. The molecule has 0 aliphatic rings. The molecule has 0 bridgehead atoms. The van der Waals surface area contributed by atoms with Crippen molar-refractivity contribution in [1.29, 1.82) is 0 Å². The van der Waals surface area contributed by atoms with Crippen LogP contribution in [0.5, 0.6) is 0 Å². The molecule has 0 aliphatic heterocycles. The summed E-state index contributed by atoms with van der Waals surface area (Å²) in [6, 6.07) is 11.0. The van der Waals surface area contributed by atoms with Crippen molar-refractivity contribution in [3.05, 3.63) is 70.7 Å². The van der Waals surface area contributed by atoms with Crippen LogP contribution in [-0.4, -0.2) is 9.38 Å². The van der Waals surface area contributed by atoms with Crippen LogP contribution < -0.4 is 5.32 Å². The maximum absolute atomic E-state index is 14.4. The summed E-state index contributed by atoms with van der Waals surface area (Å²) < 4.78 is 29.6. The Hall–Kier alpha value is -2.73. The Morgan fingerprint density at radius 2 is 1.80 bits per heavy atom. The van der Waals surface area contributed by atoms with Gasteiger partial charge in [0.15, 0.2) is 4.96 Å². The number of benzene rings is 2. The number of halogens is 2. The Balaban J connectivity index is 1.92. The lowest BCUT2D eigenvalue weighted by Gasteiger charge is -2.10. The van der Waals surface area contributed by atoms with E-state index in [4.69, 9.17) is 0 Å². The summed E-state index contributed by atoms with van der Waals surface area (Å²) in [7, 11) is 0. The molecule has 4 aromatic rings. The highest BCUT2D eigenvalue weighted by Gasteiger charge is 2.19. The van der Waals surface area contributed by atoms with Crippen LogP contribution >= 0.6 is 11.3 Å². The number of anilines is 2. The van der Waals surface area contributed by atoms with Gasteiger partial charge in [-0.15, -0.1) is 11.3 Å². The number of imidazole rings is 1. The fourth-order valence-corrected chi connectivity index (χ4v) is 3.66. The lowest BCUT2D eigenvalue weighted by Crippen LogP contribution is -1.98. The fraction of sp³-hybridized carbons (Fsp3) is 0.105. The number of hydrogen-bond donors (Lipinski definition) is 1. The molecule has 1 N–H and O–H groups in total. The third kappa shape index (κ3) is 2.78. The van der Waals surface area contributed by atoms with Crippen molar-refractivity contribution in [2.24, 2.45) is 0 Å². The molecule has 0 amide bonds. The molecule has 25 heavy (non-hydrogen) atoms. The van der Waals surface area contributed by atoms with Gasteiger partial charge in [0.05, 0.1) is 0 Å². The smallest absolute Gasteiger partial charge is 0.196 e. The molecule has 0 unspecified atom stereocenters. The average molecular weight is 355 g/mol. The number of aromatic nitrogens is 2. The lowest BCUT2D eigenvalue weighted by atomic mass is 10.1. The summed E-state index contributed by atoms with van der Waals surface area (Å²) in [5.74, 6) is 0.0432. The summed E-state index contributed by atoms with van der Waals surface area (Å²) in [6.07, 6.45) is 0. The maximum atomic E-state index is 14.4. The van der Waals surface area contributed by atoms with Gasteiger partial charge in [0, 0.05) is 22.3 Å². The van der Waals surface area contributed by atoms with E-state index in [-0.39, 0.29) is 11.6 Å². The van der Waals surface area contributed by atoms with E-state index >= 15 is 0 Å². The molecule has 126 valence electrons. The van der Waals surface area contributed by atoms with E-state index in [1.807, 2.05) is 23.6 Å². The van der Waals surface area contributed by atoms with Crippen LogP contribution in [0.3, 0.4) is 0 Å². The highest BCUT2D eigenvalue weighted by atomic mass is 32.1. The van der Waals surface area contributed by atoms with Crippen LogP contribution in [0.15, 0.2) is 47.8 Å². The van der Waals surface area contributed by atoms with Crippen LogP contribution in [0.2, 0.25) is 0 Å². The highest BCUT2D eigenvalue weighted by Crippen LogP contribution is 2.35. The van der Waals surface area contributed by atoms with Gasteiger partial charge < -0.3 is 5.32 Å². The minimum absolute atomic E-state index is 0.305. The molecule has 2 aromatic carbocycles. The van der Waals surface area contributed by atoms with E-state index in [2.05, 4.69) is 10.3 Å². The summed E-state index contributed by atoms with van der Waals surface area (Å²) in [5, 5.41) is 5.26. The molecule has 0 fully saturated rings. The van der Waals surface area contributed by atoms with E-state index in [1.54, 1.807) is 24.3 Å². The predicted molar refractivity (Wildman–Crippen MR) is 97.6 cm³/mol. The Morgan fingerprint density at radius 1 is 1.04 bits per heavy atom. The van der Waals surface area contributed by atoms with E-state index in [0.29, 0.717) is 22.8 Å². The second-order valence-electron chi connectivity index (χ2n) is 5.92. The van der Waals surface area contributed by atoms with Gasteiger partial charge in [0.25, 0.3) is 0 Å². The molecular formula is C19H15F2N3S. The Labute approximate surface area is 147 Å². The third-order valence-electron chi connectivity index (χ3n) is 4.02. The second kappa shape index (κ2) is 5.97. The third-order valence-corrected chi connectivity index (χ3v) is 4.96. The molecule has 0 saturated carbocycles. The zero-order chi connectivity index (χ0) is 17.6. The second-order valence-corrected chi connectivity index (χ2v) is 6.76. The Bertz CT molecular complexity index is 1060. The standard InChI is InChI=1S/C19H15F2N3S/c1-11-3-8-16(21)15(9-11)17-18(22-14-6-4-13(20)5-7-14)24-12(2)10-25-19(24)23-17/h3-10,22H,1-2H3. The van der Waals surface area contributed by atoms with E-state index < -0.39 is 0 Å². The van der Waals surface area contributed by atoms with Gasteiger partial charge in [-0.2, -0.15) is 0 Å². The topological polar surface area (TPSA) is 29.3 Å². The van der Waals surface area contributed by atoms with Crippen molar-refractivity contribution in [3.8, 4) is 11.3 Å². The Kier molecular flexibility index (Phi) is 3.77. The average Bonchev–Trinajstić information content (AvgIpc) is 3.13. The number of hydrogen-bond acceptors (Lipinski definition) is 3. The molecule has 4 rings (SSSR count). The molecule has 0 atom stereocenters. The summed E-state index contributed by atoms with van der Waals surface area (Å²) in [6.45, 7) is 3.89. The zero-order valence-corrected chi connectivity index (χ0v) is 14.5. The number of rotatable bonds is 3. The van der Waals surface area contributed by atoms with Crippen molar-refractivity contribution in [2.45, 2.75) is 13.8 Å². The van der Waals surface area contributed by atoms with Crippen LogP contribution in [0.1, 0.15) is 11.3 Å². The summed E-state index contributed by atoms with van der Waals surface area (Å²) in [5.41, 5.74) is 3.65. The van der Waals surface area contributed by atoms with Crippen molar-refractivity contribution in [2.75, 3.05) is 5.32 Å². The zero-order valence-electron chi connectivity index (χ0n) is 13.7.